The van der Waals surface area contributed by atoms with Crippen LogP contribution in [-0.4, -0.2) is 41.2 Å². The van der Waals surface area contributed by atoms with Gasteiger partial charge in [0.25, 0.3) is 0 Å². The van der Waals surface area contributed by atoms with Gasteiger partial charge in [0.15, 0.2) is 0 Å². The Kier molecular flexibility index (Phi) is 9.34. The van der Waals surface area contributed by atoms with E-state index in [9.17, 15) is 24.0 Å². The normalized spacial score (nSPS) is 13.4. The maximum Gasteiger partial charge on any atom is 0.303 e. The molecule has 1 saturated heterocycles. The van der Waals surface area contributed by atoms with E-state index in [1.54, 1.807) is 4.90 Å². The van der Waals surface area contributed by atoms with Crippen LogP contribution in [0.1, 0.15) is 56.6 Å². The number of anilines is 1. The monoisotopic (exact) mass is 491 g/mol. The molecule has 9 heteroatoms. The van der Waals surface area contributed by atoms with Crippen LogP contribution in [0, 0.1) is 11.8 Å². The summed E-state index contributed by atoms with van der Waals surface area (Å²) >= 11 is 0. The van der Waals surface area contributed by atoms with Gasteiger partial charge in [0.05, 0.1) is 12.2 Å². The highest BCUT2D eigenvalue weighted by molar-refractivity contribution is 6.01. The Labute approximate surface area is 210 Å². The molecule has 188 valence electrons. The fraction of sp³-hybridized carbons (Fsp3) is 0.296. The summed E-state index contributed by atoms with van der Waals surface area (Å²) in [5.74, 6) is 4.75. The Bertz CT molecular complexity index is 1220. The first-order valence-electron chi connectivity index (χ1n) is 11.6. The molecule has 0 bridgehead atoms. The molecule has 2 aliphatic heterocycles. The summed E-state index contributed by atoms with van der Waals surface area (Å²) < 4.78 is 0. The number of nitrogens with one attached hydrogen (secondary N) is 2. The van der Waals surface area contributed by atoms with E-state index in [-0.39, 0.29) is 57.3 Å². The van der Waals surface area contributed by atoms with Gasteiger partial charge in [-0.2, -0.15) is 0 Å². The van der Waals surface area contributed by atoms with Gasteiger partial charge in [0.2, 0.25) is 23.6 Å². The summed E-state index contributed by atoms with van der Waals surface area (Å²) in [6.45, 7) is 0.615. The van der Waals surface area contributed by atoms with Crippen molar-refractivity contribution in [2.75, 3.05) is 11.4 Å². The smallest absolute Gasteiger partial charge is 0.303 e. The number of imide groups is 1. The minimum Gasteiger partial charge on any atom is -0.481 e. The van der Waals surface area contributed by atoms with E-state index in [4.69, 9.17) is 5.11 Å². The molecule has 0 unspecified atom stereocenters. The Morgan fingerprint density at radius 1 is 0.917 bits per heavy atom. The van der Waals surface area contributed by atoms with Gasteiger partial charge in [0.1, 0.15) is 0 Å². The van der Waals surface area contributed by atoms with Crippen molar-refractivity contribution in [3.63, 3.8) is 0 Å². The second-order valence-electron chi connectivity index (χ2n) is 8.22. The third kappa shape index (κ3) is 7.81. The molecule has 0 saturated carbocycles. The molecule has 2 aliphatic rings. The molecule has 1 fully saturated rings. The highest BCUT2D eigenvalue weighted by Gasteiger charge is 2.21. The van der Waals surface area contributed by atoms with Crippen LogP contribution in [0.15, 0.2) is 48.5 Å². The van der Waals surface area contributed by atoms with Crippen LogP contribution in [0.4, 0.5) is 5.69 Å². The number of rotatable bonds is 7. The third-order valence-electron chi connectivity index (χ3n) is 5.49. The average Bonchev–Trinajstić information content (AvgIpc) is 3.23. The van der Waals surface area contributed by atoms with Crippen LogP contribution in [0.5, 0.6) is 0 Å². The number of carboxylic acid groups (broad SMARTS) is 1. The lowest BCUT2D eigenvalue weighted by atomic mass is 10.0. The van der Waals surface area contributed by atoms with Gasteiger partial charge < -0.3 is 15.3 Å². The highest BCUT2D eigenvalue weighted by atomic mass is 16.4. The zero-order valence-corrected chi connectivity index (χ0v) is 19.7. The van der Waals surface area contributed by atoms with Gasteiger partial charge in [-0.1, -0.05) is 42.2 Å². The van der Waals surface area contributed by atoms with E-state index < -0.39 is 5.97 Å². The predicted octanol–water partition coefficient (Wildman–Crippen LogP) is 2.36. The zero-order valence-electron chi connectivity index (χ0n) is 19.7. The summed E-state index contributed by atoms with van der Waals surface area (Å²) in [5.41, 5.74) is 3.41. The molecule has 0 atom stereocenters. The second-order valence-corrected chi connectivity index (χ2v) is 8.22. The molecule has 0 radical (unpaired) electrons. The Balaban J connectivity index is 0.000000520. The van der Waals surface area contributed by atoms with Crippen molar-refractivity contribution < 1.29 is 30.5 Å². The van der Waals surface area contributed by atoms with E-state index in [0.717, 1.165) is 22.4 Å². The number of benzene rings is 2. The van der Waals surface area contributed by atoms with Crippen molar-refractivity contribution in [2.24, 2.45) is 0 Å². The number of hydrogen-bond donors (Lipinski definition) is 3. The number of nitrogens with zero attached hydrogens (tertiary/aromatic N) is 1. The van der Waals surface area contributed by atoms with Crippen molar-refractivity contribution in [1.82, 2.24) is 10.6 Å². The fourth-order valence-electron chi connectivity index (χ4n) is 3.65. The SMILES string of the molecule is O=C(O)CCCC(=O)NCCC(=O)N1Cc2ccccc2C#Cc2ccccc21.O=C1CCC(=O)N1.[HH]. The van der Waals surface area contributed by atoms with E-state index >= 15 is 0 Å². The van der Waals surface area contributed by atoms with Crippen LogP contribution < -0.4 is 15.5 Å². The molecule has 2 heterocycles. The molecule has 36 heavy (non-hydrogen) atoms. The molecule has 9 nitrogen and oxygen atoms in total. The van der Waals surface area contributed by atoms with Gasteiger partial charge in [-0.25, -0.2) is 0 Å². The van der Waals surface area contributed by atoms with Crippen molar-refractivity contribution in [1.29, 1.82) is 0 Å². The largest absolute Gasteiger partial charge is 0.481 e. The third-order valence-corrected chi connectivity index (χ3v) is 5.49. The van der Waals surface area contributed by atoms with Gasteiger partial charge in [-0.3, -0.25) is 29.3 Å². The number of hydrogen-bond acceptors (Lipinski definition) is 5. The lowest BCUT2D eigenvalue weighted by Gasteiger charge is -2.26. The zero-order chi connectivity index (χ0) is 25.9. The standard InChI is InChI=1S/C23H22N2O4.C4H5NO2.H2/c26-21(10-5-11-23(28)29)24-15-14-22(27)25-16-19-8-2-1-6-17(19)12-13-18-7-3-4-9-20(18)25;6-3-1-2-4(7)5-3;/h1-4,6-9H,5,10-11,14-16H2,(H,24,26)(H,28,29);1-2H2,(H,5,6,7);1H. The molecule has 2 aromatic carbocycles. The Morgan fingerprint density at radius 2 is 1.56 bits per heavy atom. The van der Waals surface area contributed by atoms with Gasteiger partial charge in [0, 0.05) is 51.2 Å². The van der Waals surface area contributed by atoms with Crippen LogP contribution >= 0.6 is 0 Å². The first-order valence-corrected chi connectivity index (χ1v) is 11.6. The van der Waals surface area contributed by atoms with Crippen molar-refractivity contribution >= 4 is 35.3 Å². The first kappa shape index (κ1) is 26.2. The number of carboxylic acids is 1. The van der Waals surface area contributed by atoms with Gasteiger partial charge >= 0.3 is 5.97 Å². The Morgan fingerprint density at radius 3 is 2.22 bits per heavy atom. The summed E-state index contributed by atoms with van der Waals surface area (Å²) in [6, 6.07) is 15.3. The van der Waals surface area contributed by atoms with Gasteiger partial charge in [-0.05, 0) is 30.2 Å². The quantitative estimate of drug-likeness (QED) is 0.402. The maximum absolute atomic E-state index is 13.0. The summed E-state index contributed by atoms with van der Waals surface area (Å²) in [4.78, 5) is 57.2. The first-order chi connectivity index (χ1) is 17.3. The van der Waals surface area contributed by atoms with Crippen LogP contribution in [0.3, 0.4) is 0 Å². The molecule has 0 aromatic heterocycles. The molecule has 4 rings (SSSR count). The van der Waals surface area contributed by atoms with Crippen molar-refractivity contribution in [2.45, 2.75) is 45.1 Å². The summed E-state index contributed by atoms with van der Waals surface area (Å²) in [5, 5.41) is 13.4. The minimum atomic E-state index is -0.924. The van der Waals surface area contributed by atoms with E-state index in [2.05, 4.69) is 22.5 Å². The molecular weight excluding hydrogens is 462 g/mol. The molecule has 3 N–H and O–H groups in total. The van der Waals surface area contributed by atoms with Crippen molar-refractivity contribution in [3.8, 4) is 11.8 Å². The molecular formula is C27H29N3O6. The average molecular weight is 492 g/mol. The highest BCUT2D eigenvalue weighted by Crippen LogP contribution is 2.25. The molecule has 2 aromatic rings. The van der Waals surface area contributed by atoms with Crippen LogP contribution in [0.25, 0.3) is 0 Å². The van der Waals surface area contributed by atoms with E-state index in [1.165, 1.54) is 0 Å². The topological polar surface area (TPSA) is 133 Å². The van der Waals surface area contributed by atoms with E-state index in [0.29, 0.717) is 19.4 Å². The summed E-state index contributed by atoms with van der Waals surface area (Å²) in [7, 11) is 0. The predicted molar refractivity (Wildman–Crippen MR) is 134 cm³/mol. The number of carbonyl (C=O) groups excluding carboxylic acids is 4. The second kappa shape index (κ2) is 12.9. The minimum absolute atomic E-state index is 0. The number of amides is 4. The Hall–Kier alpha value is -4.45. The van der Waals surface area contributed by atoms with Gasteiger partial charge in [-0.15, -0.1) is 0 Å². The molecule has 4 amide bonds. The fourth-order valence-corrected chi connectivity index (χ4v) is 3.65. The summed E-state index contributed by atoms with van der Waals surface area (Å²) in [6.07, 6.45) is 1.27. The number of para-hydroxylation sites is 1. The van der Waals surface area contributed by atoms with Crippen molar-refractivity contribution in [3.05, 3.63) is 65.2 Å². The number of fused-ring (bicyclic) bond motifs is 2. The molecule has 0 aliphatic carbocycles. The van der Waals surface area contributed by atoms with Crippen LogP contribution in [0.2, 0.25) is 0 Å². The van der Waals surface area contributed by atoms with Crippen LogP contribution in [-0.2, 0) is 30.5 Å². The maximum atomic E-state index is 13.0. The number of aliphatic carboxylic acids is 1. The lowest BCUT2D eigenvalue weighted by molar-refractivity contribution is -0.137. The number of carbonyl (C=O) groups is 5. The van der Waals surface area contributed by atoms with E-state index in [1.807, 2.05) is 48.5 Å². The lowest BCUT2D eigenvalue weighted by Crippen LogP contribution is -2.35. The molecule has 0 spiro atoms.